The number of carbonyl (C=O) groups is 1. The molecule has 0 amide bonds. The van der Waals surface area contributed by atoms with Crippen LogP contribution in [0.2, 0.25) is 0 Å². The largest absolute Gasteiger partial charge is 0.491 e. The summed E-state index contributed by atoms with van der Waals surface area (Å²) < 4.78 is 29.2. The summed E-state index contributed by atoms with van der Waals surface area (Å²) in [6.07, 6.45) is 11.7. The molecule has 0 saturated heterocycles. The van der Waals surface area contributed by atoms with Crippen LogP contribution in [0.15, 0.2) is 47.5 Å². The number of benzene rings is 2. The number of carbonyl (C=O) groups excluding carboxylic acids is 1. The molecular formula is C40H47FN6O4. The standard InChI is InChI=1S/C40H47FN6O4/c1-39-14-12-25(48)18-23(39)6-9-27-29-10-11-32(40(29,2)15-13-30(27)39)51-17-16-50-26-7-4-22(5-8-26)35-34(37-42-21-43-47(37)3)36-33-28(38(49)46-45-36)19-24(41)20-31(33)44-35/h4-5,7-8,19-21,23,27,29-30,32,34-35,44H,6,9-18H2,1-3H3,(H,46,49)/t23-,27-,29-,30-,32-,34+,35?,39-,40-/m0/s1. The molecule has 0 spiro atoms. The lowest BCUT2D eigenvalue weighted by molar-refractivity contribution is -0.145. The van der Waals surface area contributed by atoms with Gasteiger partial charge < -0.3 is 14.8 Å². The van der Waals surface area contributed by atoms with Crippen LogP contribution in [-0.4, -0.2) is 50.1 Å². The van der Waals surface area contributed by atoms with Gasteiger partial charge in [0.2, 0.25) is 0 Å². The molecule has 2 aromatic carbocycles. The first kappa shape index (κ1) is 32.8. The molecule has 0 radical (unpaired) electrons. The van der Waals surface area contributed by atoms with Crippen molar-refractivity contribution in [3.8, 4) is 5.75 Å². The molecule has 4 saturated carbocycles. The number of ketones is 1. The Morgan fingerprint density at radius 2 is 1.80 bits per heavy atom. The minimum atomic E-state index is -0.496. The van der Waals surface area contributed by atoms with Crippen molar-refractivity contribution < 1.29 is 18.7 Å². The number of ether oxygens (including phenoxy) is 2. The zero-order valence-electron chi connectivity index (χ0n) is 29.7. The van der Waals surface area contributed by atoms with E-state index in [0.29, 0.717) is 58.8 Å². The Morgan fingerprint density at radius 1 is 0.980 bits per heavy atom. The smallest absolute Gasteiger partial charge is 0.272 e. The lowest BCUT2D eigenvalue weighted by Crippen LogP contribution is -2.54. The van der Waals surface area contributed by atoms with Crippen LogP contribution in [-0.2, 0) is 16.6 Å². The van der Waals surface area contributed by atoms with Crippen molar-refractivity contribution >= 4 is 22.2 Å². The van der Waals surface area contributed by atoms with Gasteiger partial charge in [-0.05, 0) is 109 Å². The molecule has 3 heterocycles. The molecule has 9 atom stereocenters. The van der Waals surface area contributed by atoms with Gasteiger partial charge in [0, 0.05) is 31.0 Å². The van der Waals surface area contributed by atoms with Gasteiger partial charge in [0.1, 0.15) is 36.1 Å². The van der Waals surface area contributed by atoms with E-state index in [2.05, 4.69) is 39.4 Å². The Kier molecular flexibility index (Phi) is 7.87. The average molecular weight is 695 g/mol. The highest BCUT2D eigenvalue weighted by Crippen LogP contribution is 2.66. The molecule has 5 aliphatic rings. The third-order valence-electron chi connectivity index (χ3n) is 14.2. The van der Waals surface area contributed by atoms with Crippen LogP contribution >= 0.6 is 0 Å². The van der Waals surface area contributed by atoms with Gasteiger partial charge in [-0.2, -0.15) is 10.2 Å². The van der Waals surface area contributed by atoms with Crippen LogP contribution in [0.3, 0.4) is 0 Å². The topological polar surface area (TPSA) is 124 Å². The fraction of sp³-hybridized carbons (Fsp3) is 0.575. The number of aryl methyl sites for hydroxylation is 1. The number of rotatable bonds is 7. The van der Waals surface area contributed by atoms with Crippen LogP contribution in [0.25, 0.3) is 10.8 Å². The maximum Gasteiger partial charge on any atom is 0.272 e. The second kappa shape index (κ2) is 12.2. The van der Waals surface area contributed by atoms with Crippen molar-refractivity contribution in [2.75, 3.05) is 18.5 Å². The summed E-state index contributed by atoms with van der Waals surface area (Å²) in [5.74, 6) is 3.80. The lowest BCUT2D eigenvalue weighted by atomic mass is 9.45. The number of hydrogen-bond acceptors (Lipinski definition) is 8. The highest BCUT2D eigenvalue weighted by Gasteiger charge is 2.60. The lowest BCUT2D eigenvalue weighted by Gasteiger charge is -2.60. The molecule has 2 aromatic heterocycles. The molecule has 268 valence electrons. The van der Waals surface area contributed by atoms with Gasteiger partial charge in [0.15, 0.2) is 0 Å². The van der Waals surface area contributed by atoms with Crippen molar-refractivity contribution in [2.45, 2.75) is 89.7 Å². The number of nitrogens with one attached hydrogen (secondary N) is 2. The van der Waals surface area contributed by atoms with E-state index in [-0.39, 0.29) is 22.9 Å². The Bertz CT molecular complexity index is 2050. The van der Waals surface area contributed by atoms with E-state index in [1.54, 1.807) is 4.68 Å². The van der Waals surface area contributed by atoms with Crippen molar-refractivity contribution in [1.29, 1.82) is 0 Å². The minimum Gasteiger partial charge on any atom is -0.491 e. The number of hydrogen-bond donors (Lipinski definition) is 2. The van der Waals surface area contributed by atoms with Gasteiger partial charge in [-0.1, -0.05) is 26.0 Å². The second-order valence-corrected chi connectivity index (χ2v) is 16.5. The number of Topliss-reactive ketones (excluding diaryl/α,β-unsaturated/α-hetero) is 1. The van der Waals surface area contributed by atoms with Crippen molar-refractivity contribution in [3.05, 3.63) is 76.0 Å². The Balaban J connectivity index is 0.861. The normalized spacial score (nSPS) is 34.0. The molecular weight excluding hydrogens is 647 g/mol. The summed E-state index contributed by atoms with van der Waals surface area (Å²) in [7, 11) is 1.82. The van der Waals surface area contributed by atoms with E-state index in [0.717, 1.165) is 48.8 Å². The average Bonchev–Trinajstić information content (AvgIpc) is 3.70. The van der Waals surface area contributed by atoms with Crippen LogP contribution < -0.4 is 15.6 Å². The van der Waals surface area contributed by atoms with Crippen LogP contribution in [0.5, 0.6) is 5.75 Å². The minimum absolute atomic E-state index is 0.205. The Labute approximate surface area is 296 Å². The summed E-state index contributed by atoms with van der Waals surface area (Å²) in [5.41, 5.74) is 2.16. The van der Waals surface area contributed by atoms with Gasteiger partial charge in [-0.25, -0.2) is 14.5 Å². The maximum absolute atomic E-state index is 14.7. The monoisotopic (exact) mass is 694 g/mol. The van der Waals surface area contributed by atoms with Crippen LogP contribution in [0.1, 0.15) is 101 Å². The van der Waals surface area contributed by atoms with Crippen LogP contribution in [0, 0.1) is 40.3 Å². The van der Waals surface area contributed by atoms with Gasteiger partial charge in [-0.15, -0.1) is 0 Å². The fourth-order valence-electron chi connectivity index (χ4n) is 11.6. The number of halogens is 1. The molecule has 4 aliphatic carbocycles. The van der Waals surface area contributed by atoms with E-state index in [4.69, 9.17) is 9.47 Å². The van der Waals surface area contributed by atoms with E-state index in [9.17, 15) is 14.0 Å². The van der Waals surface area contributed by atoms with Crippen molar-refractivity contribution in [3.63, 3.8) is 0 Å². The highest BCUT2D eigenvalue weighted by molar-refractivity contribution is 5.97. The van der Waals surface area contributed by atoms with Crippen molar-refractivity contribution in [2.24, 2.45) is 41.5 Å². The molecule has 11 heteroatoms. The zero-order chi connectivity index (χ0) is 35.1. The molecule has 4 fully saturated rings. The highest BCUT2D eigenvalue weighted by atomic mass is 19.1. The number of aromatic amines is 1. The maximum atomic E-state index is 14.7. The Morgan fingerprint density at radius 3 is 2.61 bits per heavy atom. The van der Waals surface area contributed by atoms with Crippen molar-refractivity contribution in [1.82, 2.24) is 25.0 Å². The number of nitrogens with zero attached hydrogens (tertiary/aromatic N) is 4. The molecule has 0 bridgehead atoms. The summed E-state index contributed by atoms with van der Waals surface area (Å²) in [5, 5.41) is 15.6. The van der Waals surface area contributed by atoms with Crippen LogP contribution in [0.4, 0.5) is 10.1 Å². The second-order valence-electron chi connectivity index (χ2n) is 16.5. The summed E-state index contributed by atoms with van der Waals surface area (Å²) in [6, 6.07) is 10.2. The zero-order valence-corrected chi connectivity index (χ0v) is 29.7. The third kappa shape index (κ3) is 5.24. The molecule has 1 aliphatic heterocycles. The van der Waals surface area contributed by atoms with E-state index < -0.39 is 17.3 Å². The van der Waals surface area contributed by atoms with Gasteiger partial charge in [0.05, 0.1) is 35.8 Å². The van der Waals surface area contributed by atoms with E-state index >= 15 is 0 Å². The SMILES string of the molecule is Cn1ncnc1[C@H]1c2n[nH]c(=O)c3cc(F)cc(c23)NC1c1ccc(OCCO[C@H]2CC[C@H]3[C@@H]4CC[C@H]5CC(=O)CC[C@]5(C)[C@H]4CC[C@]23C)cc1. The summed E-state index contributed by atoms with van der Waals surface area (Å²) in [4.78, 5) is 29.4. The predicted molar refractivity (Wildman–Crippen MR) is 190 cm³/mol. The first-order chi connectivity index (χ1) is 24.6. The predicted octanol–water partition coefficient (Wildman–Crippen LogP) is 6.87. The van der Waals surface area contributed by atoms with Gasteiger partial charge in [0.25, 0.3) is 5.56 Å². The molecule has 9 rings (SSSR count). The third-order valence-corrected chi connectivity index (χ3v) is 14.2. The molecule has 51 heavy (non-hydrogen) atoms. The summed E-state index contributed by atoms with van der Waals surface area (Å²) in [6.45, 7) is 6.00. The van der Waals surface area contributed by atoms with Gasteiger partial charge in [-0.3, -0.25) is 14.3 Å². The van der Waals surface area contributed by atoms with E-state index in [1.165, 1.54) is 50.6 Å². The Hall–Kier alpha value is -4.12. The molecule has 1 unspecified atom stereocenters. The first-order valence-corrected chi connectivity index (χ1v) is 18.8. The molecule has 2 N–H and O–H groups in total. The summed E-state index contributed by atoms with van der Waals surface area (Å²) >= 11 is 0. The number of fused-ring (bicyclic) bond motifs is 5. The fourth-order valence-corrected chi connectivity index (χ4v) is 11.6. The molecule has 10 nitrogen and oxygen atoms in total. The first-order valence-electron chi connectivity index (χ1n) is 18.8. The number of aromatic nitrogens is 5. The van der Waals surface area contributed by atoms with Gasteiger partial charge >= 0.3 is 0 Å². The van der Waals surface area contributed by atoms with E-state index in [1.807, 2.05) is 31.3 Å². The quantitative estimate of drug-likeness (QED) is 0.201. The molecule has 4 aromatic rings. The number of anilines is 1. The number of H-pyrrole nitrogens is 1.